The Balaban J connectivity index is 0.934. The molecule has 344 valence electrons. The minimum Gasteiger partial charge on any atom is -0.256 e. The molecule has 0 N–H and O–H groups in total. The summed E-state index contributed by atoms with van der Waals surface area (Å²) in [4.78, 5) is 14.1. The van der Waals surface area contributed by atoms with E-state index in [1.54, 1.807) is 0 Å². The van der Waals surface area contributed by atoms with Gasteiger partial charge in [-0.3, -0.25) is 15.0 Å². The summed E-state index contributed by atoms with van der Waals surface area (Å²) in [5.74, 6) is 0. The zero-order valence-electron chi connectivity index (χ0n) is 40.4. The molecular formula is C70H49N3. The van der Waals surface area contributed by atoms with Crippen molar-refractivity contribution in [2.24, 2.45) is 0 Å². The first-order valence-electron chi connectivity index (χ1n) is 24.8. The standard InChI is InChI=1S/C70H49N3/c1-48-38-41-72-69(43-48)56-34-28-53(29-35-56)63-16-6-9-19-66(63)60-44-59(65-18-8-5-15-62(65)52-26-32-55(33-27-52)68-21-11-12-40-71-68)45-61(46-60)67-20-10-7-17-64(67)54-30-36-57(37-31-54)70-47-58(39-42-73-70)51-24-22-50(23-25-51)49-13-3-2-4-14-49/h2-47H,1H3. The fraction of sp³-hybridized carbons (Fsp3) is 0.0143. The topological polar surface area (TPSA) is 38.7 Å². The fourth-order valence-electron chi connectivity index (χ4n) is 10.00. The van der Waals surface area contributed by atoms with Crippen LogP contribution in [0.25, 0.3) is 123 Å². The van der Waals surface area contributed by atoms with Gasteiger partial charge in [-0.1, -0.05) is 206 Å². The van der Waals surface area contributed by atoms with Gasteiger partial charge >= 0.3 is 0 Å². The molecule has 73 heavy (non-hydrogen) atoms. The van der Waals surface area contributed by atoms with E-state index in [0.717, 1.165) is 106 Å². The molecule has 0 spiro atoms. The Hall–Kier alpha value is -9.57. The van der Waals surface area contributed by atoms with Gasteiger partial charge in [-0.15, -0.1) is 0 Å². The van der Waals surface area contributed by atoms with Crippen LogP contribution in [0.1, 0.15) is 5.56 Å². The van der Waals surface area contributed by atoms with Gasteiger partial charge in [0, 0.05) is 35.3 Å². The highest BCUT2D eigenvalue weighted by Crippen LogP contribution is 2.43. The van der Waals surface area contributed by atoms with Crippen molar-refractivity contribution in [2.45, 2.75) is 6.92 Å². The third-order valence-electron chi connectivity index (χ3n) is 13.8. The quantitative estimate of drug-likeness (QED) is 0.130. The Bertz CT molecular complexity index is 3860. The summed E-state index contributed by atoms with van der Waals surface area (Å²) in [5.41, 5.74) is 25.8. The van der Waals surface area contributed by atoms with Crippen molar-refractivity contribution in [2.75, 3.05) is 0 Å². The Morgan fingerprint density at radius 1 is 0.192 bits per heavy atom. The molecule has 0 aliphatic heterocycles. The molecule has 0 saturated carbocycles. The summed E-state index contributed by atoms with van der Waals surface area (Å²) >= 11 is 0. The molecule has 0 unspecified atom stereocenters. The maximum Gasteiger partial charge on any atom is 0.0708 e. The molecule has 0 radical (unpaired) electrons. The van der Waals surface area contributed by atoms with E-state index < -0.39 is 0 Å². The average Bonchev–Trinajstić information content (AvgIpc) is 3.48. The Labute approximate surface area is 427 Å². The van der Waals surface area contributed by atoms with Crippen LogP contribution in [0.3, 0.4) is 0 Å². The predicted molar refractivity (Wildman–Crippen MR) is 304 cm³/mol. The third kappa shape index (κ3) is 9.44. The Kier molecular flexibility index (Phi) is 12.2. The number of hydrogen-bond donors (Lipinski definition) is 0. The Morgan fingerprint density at radius 2 is 0.521 bits per heavy atom. The molecule has 3 aromatic heterocycles. The highest BCUT2D eigenvalue weighted by Gasteiger charge is 2.17. The summed E-state index contributed by atoms with van der Waals surface area (Å²) in [7, 11) is 0. The molecule has 0 saturated heterocycles. The highest BCUT2D eigenvalue weighted by molar-refractivity contribution is 5.94. The van der Waals surface area contributed by atoms with Crippen molar-refractivity contribution >= 4 is 0 Å². The molecular weight excluding hydrogens is 883 g/mol. The maximum absolute atomic E-state index is 4.84. The van der Waals surface area contributed by atoms with E-state index in [2.05, 4.69) is 260 Å². The average molecular weight is 932 g/mol. The molecule has 0 amide bonds. The van der Waals surface area contributed by atoms with E-state index in [9.17, 15) is 0 Å². The molecule has 0 bridgehead atoms. The summed E-state index contributed by atoms with van der Waals surface area (Å²) in [5, 5.41) is 0. The maximum atomic E-state index is 4.84. The van der Waals surface area contributed by atoms with Crippen LogP contribution < -0.4 is 0 Å². The van der Waals surface area contributed by atoms with E-state index in [4.69, 9.17) is 4.98 Å². The molecule has 3 nitrogen and oxygen atoms in total. The zero-order valence-corrected chi connectivity index (χ0v) is 40.4. The second-order valence-corrected chi connectivity index (χ2v) is 18.5. The van der Waals surface area contributed by atoms with E-state index in [-0.39, 0.29) is 0 Å². The van der Waals surface area contributed by atoms with Gasteiger partial charge < -0.3 is 0 Å². The zero-order chi connectivity index (χ0) is 48.9. The second kappa shape index (κ2) is 20.0. The molecule has 0 aliphatic rings. The van der Waals surface area contributed by atoms with Crippen molar-refractivity contribution < 1.29 is 0 Å². The van der Waals surface area contributed by atoms with Gasteiger partial charge in [0.05, 0.1) is 17.1 Å². The number of pyridine rings is 3. The number of aryl methyl sites for hydroxylation is 1. The van der Waals surface area contributed by atoms with Crippen LogP contribution in [0.5, 0.6) is 0 Å². The SMILES string of the molecule is Cc1ccnc(-c2ccc(-c3ccccc3-c3cc(-c4ccccc4-c4ccc(-c5ccccn5)cc4)cc(-c4ccccc4-c4ccc(-c5cc(-c6ccc(-c7ccccc7)cc6)ccn5)cc4)c3)cc2)c1. The van der Waals surface area contributed by atoms with Gasteiger partial charge in [0.25, 0.3) is 0 Å². The van der Waals surface area contributed by atoms with E-state index >= 15 is 0 Å². The summed E-state index contributed by atoms with van der Waals surface area (Å²) < 4.78 is 0. The normalized spacial score (nSPS) is 11.1. The van der Waals surface area contributed by atoms with Gasteiger partial charge in [-0.05, 0) is 156 Å². The Morgan fingerprint density at radius 3 is 0.959 bits per heavy atom. The fourth-order valence-corrected chi connectivity index (χ4v) is 10.00. The monoisotopic (exact) mass is 931 g/mol. The van der Waals surface area contributed by atoms with Crippen LogP contribution in [-0.2, 0) is 0 Å². The first-order chi connectivity index (χ1) is 36.1. The van der Waals surface area contributed by atoms with E-state index in [1.165, 1.54) is 22.3 Å². The smallest absolute Gasteiger partial charge is 0.0708 e. The summed E-state index contributed by atoms with van der Waals surface area (Å²) in [6.45, 7) is 2.11. The van der Waals surface area contributed by atoms with Gasteiger partial charge in [0.2, 0.25) is 0 Å². The van der Waals surface area contributed by atoms with E-state index in [1.807, 2.05) is 36.8 Å². The van der Waals surface area contributed by atoms with Crippen molar-refractivity contribution in [3.05, 3.63) is 285 Å². The lowest BCUT2D eigenvalue weighted by Crippen LogP contribution is -1.92. The molecule has 3 heteroatoms. The summed E-state index contributed by atoms with van der Waals surface area (Å²) in [6.07, 6.45) is 5.64. The lowest BCUT2D eigenvalue weighted by Gasteiger charge is -2.18. The molecule has 9 aromatic carbocycles. The van der Waals surface area contributed by atoms with Gasteiger partial charge in [-0.25, -0.2) is 0 Å². The lowest BCUT2D eigenvalue weighted by molar-refractivity contribution is 1.29. The largest absolute Gasteiger partial charge is 0.256 e. The minimum absolute atomic E-state index is 0.937. The molecule has 12 rings (SSSR count). The van der Waals surface area contributed by atoms with Crippen LogP contribution >= 0.6 is 0 Å². The second-order valence-electron chi connectivity index (χ2n) is 18.5. The third-order valence-corrected chi connectivity index (χ3v) is 13.8. The first kappa shape index (κ1) is 44.6. The number of rotatable bonds is 11. The first-order valence-corrected chi connectivity index (χ1v) is 24.8. The molecule has 0 fully saturated rings. The predicted octanol–water partition coefficient (Wildman–Crippen LogP) is 18.5. The van der Waals surface area contributed by atoms with Crippen LogP contribution in [-0.4, -0.2) is 15.0 Å². The van der Waals surface area contributed by atoms with Crippen molar-refractivity contribution in [3.63, 3.8) is 0 Å². The number of aromatic nitrogens is 3. The molecule has 0 atom stereocenters. The lowest BCUT2D eigenvalue weighted by atomic mass is 9.86. The van der Waals surface area contributed by atoms with Crippen LogP contribution in [0.2, 0.25) is 0 Å². The van der Waals surface area contributed by atoms with Gasteiger partial charge in [0.15, 0.2) is 0 Å². The summed E-state index contributed by atoms with van der Waals surface area (Å²) in [6, 6.07) is 93.7. The van der Waals surface area contributed by atoms with Gasteiger partial charge in [-0.2, -0.15) is 0 Å². The van der Waals surface area contributed by atoms with Crippen molar-refractivity contribution in [3.8, 4) is 123 Å². The van der Waals surface area contributed by atoms with Gasteiger partial charge in [0.1, 0.15) is 0 Å². The van der Waals surface area contributed by atoms with Crippen molar-refractivity contribution in [1.82, 2.24) is 15.0 Å². The molecule has 0 aliphatic carbocycles. The van der Waals surface area contributed by atoms with Crippen LogP contribution in [0, 0.1) is 6.92 Å². The molecule has 3 heterocycles. The minimum atomic E-state index is 0.937. The van der Waals surface area contributed by atoms with Crippen molar-refractivity contribution in [1.29, 1.82) is 0 Å². The highest BCUT2D eigenvalue weighted by atomic mass is 14.7. The van der Waals surface area contributed by atoms with Crippen LogP contribution in [0.4, 0.5) is 0 Å². The van der Waals surface area contributed by atoms with E-state index in [0.29, 0.717) is 0 Å². The number of benzene rings is 9. The number of hydrogen-bond acceptors (Lipinski definition) is 3. The van der Waals surface area contributed by atoms with Crippen LogP contribution in [0.15, 0.2) is 279 Å². The number of nitrogens with zero attached hydrogens (tertiary/aromatic N) is 3. The molecule has 12 aromatic rings.